The van der Waals surface area contributed by atoms with Crippen molar-refractivity contribution in [1.82, 2.24) is 10.2 Å². The van der Waals surface area contributed by atoms with E-state index >= 15 is 0 Å². The Morgan fingerprint density at radius 2 is 1.88 bits per heavy atom. The summed E-state index contributed by atoms with van der Waals surface area (Å²) in [5.74, 6) is -0.668. The number of benzene rings is 2. The molecule has 0 radical (unpaired) electrons. The lowest BCUT2D eigenvalue weighted by molar-refractivity contribution is -0.113. The molecular formula is C16H10Cl2FN3O2S. The number of carbonyl (C=O) groups is 1. The number of nitrogens with zero attached hydrogens (tertiary/aromatic N) is 2. The number of amides is 1. The molecule has 9 heteroatoms. The van der Waals surface area contributed by atoms with E-state index in [0.29, 0.717) is 15.7 Å². The second-order valence-corrected chi connectivity index (χ2v) is 6.65. The monoisotopic (exact) mass is 397 g/mol. The molecule has 1 aromatic heterocycles. The van der Waals surface area contributed by atoms with Gasteiger partial charge in [0.25, 0.3) is 11.1 Å². The van der Waals surface area contributed by atoms with Crippen LogP contribution in [0.4, 0.5) is 10.1 Å². The van der Waals surface area contributed by atoms with Gasteiger partial charge in [-0.05, 0) is 30.3 Å². The van der Waals surface area contributed by atoms with Crippen LogP contribution in [-0.2, 0) is 4.79 Å². The standard InChI is InChI=1S/C16H10Cl2FN3O2S/c17-9-5-10(18)7-11(6-9)20-14(23)8-25-16-22-21-15(24-16)12-3-1-2-4-13(12)19/h1-7H,8H2,(H,20,23). The van der Waals surface area contributed by atoms with Gasteiger partial charge in [0.2, 0.25) is 5.91 Å². The molecule has 1 heterocycles. The van der Waals surface area contributed by atoms with Gasteiger partial charge in [0.1, 0.15) is 5.82 Å². The molecule has 3 aromatic rings. The molecular weight excluding hydrogens is 388 g/mol. The van der Waals surface area contributed by atoms with Crippen LogP contribution in [-0.4, -0.2) is 21.9 Å². The summed E-state index contributed by atoms with van der Waals surface area (Å²) in [7, 11) is 0. The summed E-state index contributed by atoms with van der Waals surface area (Å²) >= 11 is 12.8. The van der Waals surface area contributed by atoms with Crippen molar-refractivity contribution >= 4 is 46.6 Å². The number of carbonyl (C=O) groups excluding carboxylic acids is 1. The highest BCUT2D eigenvalue weighted by Crippen LogP contribution is 2.26. The SMILES string of the molecule is O=C(CSc1nnc(-c2ccccc2F)o1)Nc1cc(Cl)cc(Cl)c1. The Bertz CT molecular complexity index is 900. The summed E-state index contributed by atoms with van der Waals surface area (Å²) in [5.41, 5.74) is 0.695. The van der Waals surface area contributed by atoms with E-state index < -0.39 is 5.82 Å². The van der Waals surface area contributed by atoms with Crippen LogP contribution in [0.3, 0.4) is 0 Å². The second-order valence-electron chi connectivity index (χ2n) is 4.85. The Hall–Kier alpha value is -2.09. The van der Waals surface area contributed by atoms with Crippen LogP contribution in [0.2, 0.25) is 10.0 Å². The average molecular weight is 398 g/mol. The fourth-order valence-corrected chi connectivity index (χ4v) is 3.05. The summed E-state index contributed by atoms with van der Waals surface area (Å²) in [6, 6.07) is 10.8. The van der Waals surface area contributed by atoms with E-state index in [1.54, 1.807) is 30.3 Å². The first-order chi connectivity index (χ1) is 12.0. The van der Waals surface area contributed by atoms with Crippen LogP contribution in [0.25, 0.3) is 11.5 Å². The highest BCUT2D eigenvalue weighted by molar-refractivity contribution is 7.99. The number of hydrogen-bond donors (Lipinski definition) is 1. The molecule has 5 nitrogen and oxygen atoms in total. The Kier molecular flexibility index (Phi) is 5.57. The molecule has 0 aliphatic carbocycles. The minimum atomic E-state index is -0.460. The molecule has 0 fully saturated rings. The molecule has 0 saturated heterocycles. The summed E-state index contributed by atoms with van der Waals surface area (Å²) in [6.07, 6.45) is 0. The van der Waals surface area contributed by atoms with E-state index in [1.807, 2.05) is 0 Å². The molecule has 25 heavy (non-hydrogen) atoms. The number of thioether (sulfide) groups is 1. The number of rotatable bonds is 5. The molecule has 1 N–H and O–H groups in total. The zero-order valence-corrected chi connectivity index (χ0v) is 14.8. The van der Waals surface area contributed by atoms with E-state index in [1.165, 1.54) is 12.1 Å². The van der Waals surface area contributed by atoms with Crippen molar-refractivity contribution in [1.29, 1.82) is 0 Å². The second kappa shape index (κ2) is 7.86. The van der Waals surface area contributed by atoms with Crippen molar-refractivity contribution in [3.8, 4) is 11.5 Å². The summed E-state index contributed by atoms with van der Waals surface area (Å²) < 4.78 is 19.1. The molecule has 1 amide bonds. The lowest BCUT2D eigenvalue weighted by atomic mass is 10.2. The van der Waals surface area contributed by atoms with Crippen molar-refractivity contribution in [3.05, 3.63) is 58.3 Å². The van der Waals surface area contributed by atoms with Gasteiger partial charge in [-0.1, -0.05) is 47.1 Å². The molecule has 0 aliphatic heterocycles. The smallest absolute Gasteiger partial charge is 0.277 e. The Morgan fingerprint density at radius 1 is 1.16 bits per heavy atom. The zero-order chi connectivity index (χ0) is 17.8. The molecule has 0 unspecified atom stereocenters. The van der Waals surface area contributed by atoms with Gasteiger partial charge in [-0.15, -0.1) is 10.2 Å². The van der Waals surface area contributed by atoms with Crippen molar-refractivity contribution in [3.63, 3.8) is 0 Å². The predicted molar refractivity (Wildman–Crippen MR) is 95.5 cm³/mol. The molecule has 0 bridgehead atoms. The number of hydrogen-bond acceptors (Lipinski definition) is 5. The van der Waals surface area contributed by atoms with Crippen LogP contribution < -0.4 is 5.32 Å². The maximum Gasteiger partial charge on any atom is 0.277 e. The van der Waals surface area contributed by atoms with Crippen molar-refractivity contribution in [2.45, 2.75) is 5.22 Å². The Labute approximate surface area is 156 Å². The van der Waals surface area contributed by atoms with E-state index in [0.717, 1.165) is 11.8 Å². The van der Waals surface area contributed by atoms with Crippen LogP contribution in [0.1, 0.15) is 0 Å². The van der Waals surface area contributed by atoms with Gasteiger partial charge in [0, 0.05) is 15.7 Å². The maximum atomic E-state index is 13.7. The largest absolute Gasteiger partial charge is 0.411 e. The lowest BCUT2D eigenvalue weighted by Crippen LogP contribution is -2.13. The van der Waals surface area contributed by atoms with E-state index in [9.17, 15) is 9.18 Å². The van der Waals surface area contributed by atoms with Gasteiger partial charge in [-0.2, -0.15) is 0 Å². The first-order valence-corrected chi connectivity index (χ1v) is 8.72. The van der Waals surface area contributed by atoms with Gasteiger partial charge < -0.3 is 9.73 Å². The zero-order valence-electron chi connectivity index (χ0n) is 12.5. The van der Waals surface area contributed by atoms with Gasteiger partial charge in [0.05, 0.1) is 11.3 Å². The van der Waals surface area contributed by atoms with Crippen LogP contribution >= 0.6 is 35.0 Å². The number of nitrogens with one attached hydrogen (secondary N) is 1. The van der Waals surface area contributed by atoms with Gasteiger partial charge in [-0.25, -0.2) is 4.39 Å². The molecule has 0 saturated carbocycles. The third-order valence-corrected chi connectivity index (χ3v) is 4.24. The third-order valence-electron chi connectivity index (χ3n) is 2.98. The van der Waals surface area contributed by atoms with Crippen LogP contribution in [0.15, 0.2) is 52.1 Å². The first-order valence-electron chi connectivity index (χ1n) is 6.98. The minimum Gasteiger partial charge on any atom is -0.411 e. The molecule has 0 spiro atoms. The topological polar surface area (TPSA) is 68.0 Å². The fourth-order valence-electron chi connectivity index (χ4n) is 1.96. The van der Waals surface area contributed by atoms with Gasteiger partial charge >= 0.3 is 0 Å². The number of aromatic nitrogens is 2. The molecule has 0 aliphatic rings. The van der Waals surface area contributed by atoms with Gasteiger partial charge in [-0.3, -0.25) is 4.79 Å². The molecule has 0 atom stereocenters. The quantitative estimate of drug-likeness (QED) is 0.619. The average Bonchev–Trinajstić information content (AvgIpc) is 3.01. The van der Waals surface area contributed by atoms with Gasteiger partial charge in [0.15, 0.2) is 0 Å². The van der Waals surface area contributed by atoms with E-state index in [4.69, 9.17) is 27.6 Å². The lowest BCUT2D eigenvalue weighted by Gasteiger charge is -2.05. The first kappa shape index (κ1) is 17.7. The predicted octanol–water partition coefficient (Wildman–Crippen LogP) is 4.91. The summed E-state index contributed by atoms with van der Waals surface area (Å²) in [6.45, 7) is 0. The maximum absolute atomic E-state index is 13.7. The highest BCUT2D eigenvalue weighted by atomic mass is 35.5. The van der Waals surface area contributed by atoms with E-state index in [-0.39, 0.29) is 28.3 Å². The fraction of sp³-hybridized carbons (Fsp3) is 0.0625. The molecule has 2 aromatic carbocycles. The number of halogens is 3. The third kappa shape index (κ3) is 4.72. The van der Waals surface area contributed by atoms with Crippen molar-refractivity contribution < 1.29 is 13.6 Å². The van der Waals surface area contributed by atoms with Crippen LogP contribution in [0.5, 0.6) is 0 Å². The molecule has 128 valence electrons. The Morgan fingerprint density at radius 3 is 2.60 bits per heavy atom. The van der Waals surface area contributed by atoms with Crippen molar-refractivity contribution in [2.24, 2.45) is 0 Å². The Balaban J connectivity index is 1.60. The highest BCUT2D eigenvalue weighted by Gasteiger charge is 2.14. The normalized spacial score (nSPS) is 10.7. The summed E-state index contributed by atoms with van der Waals surface area (Å²) in [5, 5.41) is 11.3. The molecule has 3 rings (SSSR count). The van der Waals surface area contributed by atoms with E-state index in [2.05, 4.69) is 15.5 Å². The van der Waals surface area contributed by atoms with Crippen molar-refractivity contribution in [2.75, 3.05) is 11.1 Å². The van der Waals surface area contributed by atoms with Crippen LogP contribution in [0, 0.1) is 5.82 Å². The summed E-state index contributed by atoms with van der Waals surface area (Å²) in [4.78, 5) is 12.0. The minimum absolute atomic E-state index is 0.0308. The number of anilines is 1.